The largest absolute Gasteiger partial charge is 0.292 e. The van der Waals surface area contributed by atoms with Crippen LogP contribution >= 0.6 is 0 Å². The lowest BCUT2D eigenvalue weighted by Crippen LogP contribution is -2.29. The summed E-state index contributed by atoms with van der Waals surface area (Å²) >= 11 is 0. The van der Waals surface area contributed by atoms with Crippen molar-refractivity contribution in [2.24, 2.45) is 5.10 Å². The van der Waals surface area contributed by atoms with Gasteiger partial charge in [-0.25, -0.2) is 10.1 Å². The van der Waals surface area contributed by atoms with Gasteiger partial charge in [0.25, 0.3) is 11.5 Å². The van der Waals surface area contributed by atoms with Gasteiger partial charge in [-0.2, -0.15) is 10.2 Å². The van der Waals surface area contributed by atoms with Crippen LogP contribution in [0.2, 0.25) is 0 Å². The molecule has 0 aliphatic heterocycles. The number of fused-ring (bicyclic) bond motifs is 1. The molecule has 0 bridgehead atoms. The van der Waals surface area contributed by atoms with Crippen LogP contribution in [-0.4, -0.2) is 21.9 Å². The lowest BCUT2D eigenvalue weighted by Gasteiger charge is -2.09. The first kappa shape index (κ1) is 18.5. The number of nitrogens with zero attached hydrogens (tertiary/aromatic N) is 3. The maximum absolute atomic E-state index is 12.7. The van der Waals surface area contributed by atoms with Crippen LogP contribution in [-0.2, 0) is 6.54 Å². The van der Waals surface area contributed by atoms with Crippen LogP contribution in [0.25, 0.3) is 10.8 Å². The topological polar surface area (TPSA) is 76.3 Å². The summed E-state index contributed by atoms with van der Waals surface area (Å²) < 4.78 is 1.37. The highest BCUT2D eigenvalue weighted by Crippen LogP contribution is 2.13. The predicted molar refractivity (Wildman–Crippen MR) is 107 cm³/mol. The highest BCUT2D eigenvalue weighted by molar-refractivity contribution is 6.04. The van der Waals surface area contributed by atoms with E-state index in [1.165, 1.54) is 4.68 Å². The number of hydrogen-bond acceptors (Lipinski definition) is 4. The number of rotatable bonds is 6. The number of aryl methyl sites for hydroxylation is 2. The van der Waals surface area contributed by atoms with Crippen LogP contribution in [0.4, 0.5) is 0 Å². The highest BCUT2D eigenvalue weighted by Gasteiger charge is 2.16. The summed E-state index contributed by atoms with van der Waals surface area (Å²) in [4.78, 5) is 25.2. The second kappa shape index (κ2) is 8.40. The van der Waals surface area contributed by atoms with E-state index in [0.717, 1.165) is 24.0 Å². The molecule has 3 aromatic rings. The molecule has 1 aromatic heterocycles. The standard InChI is InChI=1S/C21H22N4O2/c1-3-4-12-25-21(27)18-11-6-5-10-17(18)19(24-25)20(26)23-22-14-16-9-7-8-15(2)13-16/h5-11,13-14H,3-4,12H2,1-2H3,(H,23,26)/b22-14-. The second-order valence-electron chi connectivity index (χ2n) is 6.39. The van der Waals surface area contributed by atoms with Gasteiger partial charge >= 0.3 is 0 Å². The van der Waals surface area contributed by atoms with Gasteiger partial charge < -0.3 is 0 Å². The molecular formula is C21H22N4O2. The lowest BCUT2D eigenvalue weighted by molar-refractivity contribution is 0.0949. The minimum atomic E-state index is -0.444. The Labute approximate surface area is 157 Å². The quantitative estimate of drug-likeness (QED) is 0.540. The van der Waals surface area contributed by atoms with E-state index in [9.17, 15) is 9.59 Å². The van der Waals surface area contributed by atoms with Crippen molar-refractivity contribution in [1.82, 2.24) is 15.2 Å². The molecular weight excluding hydrogens is 340 g/mol. The van der Waals surface area contributed by atoms with Crippen LogP contribution in [0.5, 0.6) is 0 Å². The molecule has 0 saturated heterocycles. The Morgan fingerprint density at radius 3 is 2.70 bits per heavy atom. The molecule has 0 fully saturated rings. The molecule has 0 unspecified atom stereocenters. The molecule has 0 aliphatic carbocycles. The van der Waals surface area contributed by atoms with E-state index in [4.69, 9.17) is 0 Å². The molecule has 0 saturated carbocycles. The Balaban J connectivity index is 1.91. The fraction of sp³-hybridized carbons (Fsp3) is 0.238. The Bertz CT molecular complexity index is 1050. The number of amides is 1. The fourth-order valence-electron chi connectivity index (χ4n) is 2.83. The van der Waals surface area contributed by atoms with Crippen LogP contribution in [0.3, 0.4) is 0 Å². The summed E-state index contributed by atoms with van der Waals surface area (Å²) in [5.74, 6) is -0.444. The zero-order valence-corrected chi connectivity index (χ0v) is 15.5. The van der Waals surface area contributed by atoms with E-state index in [-0.39, 0.29) is 11.3 Å². The van der Waals surface area contributed by atoms with Gasteiger partial charge in [0.15, 0.2) is 5.69 Å². The van der Waals surface area contributed by atoms with E-state index in [1.807, 2.05) is 38.1 Å². The van der Waals surface area contributed by atoms with Crippen LogP contribution < -0.4 is 11.0 Å². The summed E-state index contributed by atoms with van der Waals surface area (Å²) in [7, 11) is 0. The van der Waals surface area contributed by atoms with Crippen molar-refractivity contribution in [1.29, 1.82) is 0 Å². The summed E-state index contributed by atoms with van der Waals surface area (Å²) in [5.41, 5.74) is 4.53. The Morgan fingerprint density at radius 2 is 1.96 bits per heavy atom. The molecule has 1 N–H and O–H groups in total. The van der Waals surface area contributed by atoms with Gasteiger partial charge in [0, 0.05) is 11.9 Å². The number of benzene rings is 2. The van der Waals surface area contributed by atoms with Gasteiger partial charge in [-0.1, -0.05) is 61.4 Å². The molecule has 6 nitrogen and oxygen atoms in total. The molecule has 0 radical (unpaired) electrons. The smallest absolute Gasteiger partial charge is 0.267 e. The van der Waals surface area contributed by atoms with Crippen molar-refractivity contribution < 1.29 is 4.79 Å². The van der Waals surface area contributed by atoms with Gasteiger partial charge in [-0.05, 0) is 25.0 Å². The number of hydrogen-bond donors (Lipinski definition) is 1. The first-order valence-corrected chi connectivity index (χ1v) is 9.00. The minimum Gasteiger partial charge on any atom is -0.267 e. The zero-order valence-electron chi connectivity index (χ0n) is 15.5. The number of aromatic nitrogens is 2. The molecule has 3 rings (SSSR count). The summed E-state index contributed by atoms with van der Waals surface area (Å²) in [5, 5.41) is 9.33. The third-order valence-corrected chi connectivity index (χ3v) is 4.23. The average molecular weight is 362 g/mol. The van der Waals surface area contributed by atoms with Crippen LogP contribution in [0, 0.1) is 6.92 Å². The van der Waals surface area contributed by atoms with Gasteiger partial charge in [0.05, 0.1) is 11.6 Å². The summed E-state index contributed by atoms with van der Waals surface area (Å²) in [6, 6.07) is 14.8. The van der Waals surface area contributed by atoms with E-state index in [1.54, 1.807) is 30.5 Å². The van der Waals surface area contributed by atoms with Crippen LogP contribution in [0.1, 0.15) is 41.4 Å². The lowest BCUT2D eigenvalue weighted by atomic mass is 10.1. The first-order valence-electron chi connectivity index (χ1n) is 9.00. The van der Waals surface area contributed by atoms with Gasteiger partial charge in [-0.3, -0.25) is 9.59 Å². The Hall–Kier alpha value is -3.28. The Morgan fingerprint density at radius 1 is 1.19 bits per heavy atom. The normalized spacial score (nSPS) is 11.2. The molecule has 1 amide bonds. The number of carbonyl (C=O) groups is 1. The predicted octanol–water partition coefficient (Wildman–Crippen LogP) is 3.27. The number of unbranched alkanes of at least 4 members (excludes halogenated alkanes) is 1. The maximum Gasteiger partial charge on any atom is 0.292 e. The van der Waals surface area contributed by atoms with Gasteiger partial charge in [0.1, 0.15) is 0 Å². The average Bonchev–Trinajstić information content (AvgIpc) is 2.67. The Kier molecular flexibility index (Phi) is 5.76. The second-order valence-corrected chi connectivity index (χ2v) is 6.39. The molecule has 0 aliphatic rings. The third-order valence-electron chi connectivity index (χ3n) is 4.23. The molecule has 2 aromatic carbocycles. The van der Waals surface area contributed by atoms with Gasteiger partial charge in [-0.15, -0.1) is 0 Å². The molecule has 6 heteroatoms. The van der Waals surface area contributed by atoms with E-state index in [2.05, 4.69) is 15.6 Å². The monoisotopic (exact) mass is 362 g/mol. The van der Waals surface area contributed by atoms with Crippen molar-refractivity contribution in [3.8, 4) is 0 Å². The summed E-state index contributed by atoms with van der Waals surface area (Å²) in [6.45, 7) is 4.51. The van der Waals surface area contributed by atoms with Crippen LogP contribution in [0.15, 0.2) is 58.4 Å². The van der Waals surface area contributed by atoms with Crippen molar-refractivity contribution in [2.75, 3.05) is 0 Å². The highest BCUT2D eigenvalue weighted by atomic mass is 16.2. The number of hydrazone groups is 1. The van der Waals surface area contributed by atoms with E-state index < -0.39 is 5.91 Å². The maximum atomic E-state index is 12.7. The number of nitrogens with one attached hydrogen (secondary N) is 1. The summed E-state index contributed by atoms with van der Waals surface area (Å²) in [6.07, 6.45) is 3.33. The molecule has 1 heterocycles. The van der Waals surface area contributed by atoms with Crippen molar-refractivity contribution >= 4 is 22.9 Å². The van der Waals surface area contributed by atoms with Crippen molar-refractivity contribution in [3.05, 3.63) is 75.7 Å². The minimum absolute atomic E-state index is 0.182. The molecule has 0 spiro atoms. The van der Waals surface area contributed by atoms with Crippen molar-refractivity contribution in [3.63, 3.8) is 0 Å². The van der Waals surface area contributed by atoms with Gasteiger partial charge in [0.2, 0.25) is 0 Å². The zero-order chi connectivity index (χ0) is 19.2. The van der Waals surface area contributed by atoms with E-state index in [0.29, 0.717) is 17.3 Å². The molecule has 0 atom stereocenters. The SMILES string of the molecule is CCCCn1nc(C(=O)N/N=C\c2cccc(C)c2)c2ccccc2c1=O. The fourth-order valence-corrected chi connectivity index (χ4v) is 2.83. The molecule has 27 heavy (non-hydrogen) atoms. The molecule has 138 valence electrons. The van der Waals surface area contributed by atoms with E-state index >= 15 is 0 Å². The van der Waals surface area contributed by atoms with Crippen molar-refractivity contribution in [2.45, 2.75) is 33.2 Å². The third kappa shape index (κ3) is 4.28. The first-order chi connectivity index (χ1) is 13.1. The number of carbonyl (C=O) groups excluding carboxylic acids is 1.